The van der Waals surface area contributed by atoms with Crippen LogP contribution in [0.4, 0.5) is 0 Å². The van der Waals surface area contributed by atoms with Gasteiger partial charge in [-0.25, -0.2) is 0 Å². The van der Waals surface area contributed by atoms with Crippen molar-refractivity contribution in [3.8, 4) is 0 Å². The molecule has 0 aromatic rings. The molecule has 0 heterocycles. The Balaban J connectivity index is 2.76. The first-order chi connectivity index (χ1) is 8.79. The molecule has 1 aliphatic carbocycles. The molecule has 3 nitrogen and oxygen atoms in total. The average molecular weight is 418 g/mol. The molecule has 0 saturated carbocycles. The van der Waals surface area contributed by atoms with E-state index in [0.717, 1.165) is 26.1 Å². The molecule has 0 amide bonds. The first-order valence-electron chi connectivity index (χ1n) is 7.40. The molecule has 0 saturated heterocycles. The van der Waals surface area contributed by atoms with Crippen molar-refractivity contribution in [2.75, 3.05) is 19.6 Å². The Morgan fingerprint density at radius 1 is 0.944 bits per heavy atom. The number of rotatable bonds is 10. The Bertz CT molecular complexity index is 265. The van der Waals surface area contributed by atoms with Gasteiger partial charge in [-0.05, 0) is 0 Å². The number of allylic oxidation sites excluding steroid dienone is 4. The third-order valence-corrected chi connectivity index (χ3v) is 16.4. The maximum atomic E-state index is 3.89. The van der Waals surface area contributed by atoms with Crippen LogP contribution >= 0.6 is 0 Å². The summed E-state index contributed by atoms with van der Waals surface area (Å²) in [5.74, 6) is 0. The molecule has 0 unspecified atom stereocenters. The fourth-order valence-corrected chi connectivity index (χ4v) is 15.5. The average Bonchev–Trinajstić information content (AvgIpc) is 2.93. The Morgan fingerprint density at radius 2 is 1.44 bits per heavy atom. The van der Waals surface area contributed by atoms with Crippen LogP contribution in [-0.2, 0) is 20.8 Å². The van der Waals surface area contributed by atoms with Gasteiger partial charge in [0, 0.05) is 0 Å². The Kier molecular flexibility index (Phi) is 8.31. The summed E-state index contributed by atoms with van der Waals surface area (Å²) in [5.41, 5.74) is 0. The van der Waals surface area contributed by atoms with Crippen LogP contribution in [-0.4, -0.2) is 19.6 Å². The van der Waals surface area contributed by atoms with Gasteiger partial charge in [0.15, 0.2) is 0 Å². The third kappa shape index (κ3) is 4.72. The van der Waals surface area contributed by atoms with Crippen molar-refractivity contribution < 1.29 is 20.8 Å². The summed E-state index contributed by atoms with van der Waals surface area (Å²) in [6.45, 7) is 10.1. The second-order valence-electron chi connectivity index (χ2n) is 4.85. The summed E-state index contributed by atoms with van der Waals surface area (Å²) in [4.78, 5) is 0. The van der Waals surface area contributed by atoms with E-state index in [0.29, 0.717) is 0 Å². The van der Waals surface area contributed by atoms with E-state index in [2.05, 4.69) is 48.9 Å². The predicted octanol–water partition coefficient (Wildman–Crippen LogP) is 2.73. The van der Waals surface area contributed by atoms with Crippen LogP contribution in [0, 0.1) is 0 Å². The summed E-state index contributed by atoms with van der Waals surface area (Å²) < 4.78 is 13.3. The number of hydrogen-bond donors (Lipinski definition) is 3. The van der Waals surface area contributed by atoms with Gasteiger partial charge in [-0.15, -0.1) is 0 Å². The second-order valence-corrected chi connectivity index (χ2v) is 16.4. The van der Waals surface area contributed by atoms with E-state index in [-0.39, 0.29) is 0 Å². The van der Waals surface area contributed by atoms with Crippen LogP contribution in [0.3, 0.4) is 0 Å². The van der Waals surface area contributed by atoms with E-state index < -0.39 is 20.8 Å². The van der Waals surface area contributed by atoms with Crippen LogP contribution in [0.25, 0.3) is 0 Å². The molecule has 1 aliphatic rings. The van der Waals surface area contributed by atoms with Crippen molar-refractivity contribution >= 4 is 0 Å². The van der Waals surface area contributed by atoms with Crippen LogP contribution in [0.15, 0.2) is 21.6 Å². The molecule has 0 spiro atoms. The summed E-state index contributed by atoms with van der Waals surface area (Å²) in [7, 11) is 0. The van der Waals surface area contributed by atoms with E-state index >= 15 is 0 Å². The molecule has 3 N–H and O–H groups in total. The van der Waals surface area contributed by atoms with Crippen molar-refractivity contribution in [1.29, 1.82) is 0 Å². The van der Waals surface area contributed by atoms with Gasteiger partial charge < -0.3 is 0 Å². The zero-order chi connectivity index (χ0) is 13.3. The van der Waals surface area contributed by atoms with Gasteiger partial charge in [-0.3, -0.25) is 0 Å². The van der Waals surface area contributed by atoms with E-state index in [1.807, 2.05) is 0 Å². The van der Waals surface area contributed by atoms with Crippen molar-refractivity contribution in [1.82, 2.24) is 9.91 Å². The normalized spacial score (nSPS) is 15.2. The van der Waals surface area contributed by atoms with Gasteiger partial charge in [0.1, 0.15) is 0 Å². The zero-order valence-corrected chi connectivity index (χ0v) is 15.8. The Morgan fingerprint density at radius 3 is 1.78 bits per heavy atom. The van der Waals surface area contributed by atoms with E-state index in [4.69, 9.17) is 0 Å². The molecule has 0 aliphatic heterocycles. The minimum atomic E-state index is -2.87. The molecule has 0 aromatic carbocycles. The standard InChI is InChI=1S/C5H5.3C3H8N.Hf/c1-2-4-5-3-1;3*1-2-3-4;/h1-3H,4H2;3*4H,2-3H2,1H3;/q;3*-1;+3. The summed E-state index contributed by atoms with van der Waals surface area (Å²) in [6.07, 6.45) is 11.5. The SMILES string of the molecule is CCC[NH][Hf]([NH]CCC)([NH]CCC)[C]1=CC=CC1. The van der Waals surface area contributed by atoms with Gasteiger partial charge in [0.25, 0.3) is 0 Å². The fourth-order valence-electron chi connectivity index (χ4n) is 2.19. The van der Waals surface area contributed by atoms with Gasteiger partial charge in [-0.1, -0.05) is 0 Å². The first-order valence-corrected chi connectivity index (χ1v) is 14.6. The monoisotopic (exact) mass is 419 g/mol. The van der Waals surface area contributed by atoms with E-state index in [9.17, 15) is 0 Å². The molecule has 1 rings (SSSR count). The quantitative estimate of drug-likeness (QED) is 0.478. The molecule has 104 valence electrons. The molecule has 0 fully saturated rings. The van der Waals surface area contributed by atoms with Crippen LogP contribution in [0.5, 0.6) is 0 Å². The van der Waals surface area contributed by atoms with Crippen LogP contribution < -0.4 is 9.91 Å². The second kappa shape index (κ2) is 9.18. The summed E-state index contributed by atoms with van der Waals surface area (Å²) in [5, 5.41) is 0. The van der Waals surface area contributed by atoms with Crippen molar-refractivity contribution in [2.24, 2.45) is 0 Å². The Labute approximate surface area is 118 Å². The maximum absolute atomic E-state index is 3.89. The molecule has 0 aromatic heterocycles. The molecule has 0 bridgehead atoms. The van der Waals surface area contributed by atoms with Gasteiger partial charge >= 0.3 is 118 Å². The molecule has 4 heteroatoms. The predicted molar refractivity (Wildman–Crippen MR) is 76.7 cm³/mol. The molecule has 0 atom stereocenters. The van der Waals surface area contributed by atoms with Gasteiger partial charge in [-0.2, -0.15) is 0 Å². The molecular weight excluding hydrogens is 389 g/mol. The Hall–Kier alpha value is 0.230. The zero-order valence-electron chi connectivity index (χ0n) is 12.2. The first kappa shape index (κ1) is 16.3. The molecule has 18 heavy (non-hydrogen) atoms. The fraction of sp³-hybridized carbons (Fsp3) is 0.714. The minimum absolute atomic E-state index is 1.12. The van der Waals surface area contributed by atoms with Gasteiger partial charge in [0.05, 0.1) is 0 Å². The summed E-state index contributed by atoms with van der Waals surface area (Å²) in [6, 6.07) is 0. The van der Waals surface area contributed by atoms with Gasteiger partial charge in [0.2, 0.25) is 0 Å². The topological polar surface area (TPSA) is 36.1 Å². The van der Waals surface area contributed by atoms with E-state index in [1.54, 1.807) is 3.33 Å². The number of hydrogen-bond acceptors (Lipinski definition) is 3. The van der Waals surface area contributed by atoms with Crippen molar-refractivity contribution in [2.45, 2.75) is 46.5 Å². The third-order valence-electron chi connectivity index (χ3n) is 3.17. The van der Waals surface area contributed by atoms with E-state index in [1.165, 1.54) is 19.3 Å². The molecular formula is C14H29HfN3. The summed E-state index contributed by atoms with van der Waals surface area (Å²) >= 11 is -2.87. The molecule has 0 radical (unpaired) electrons. The van der Waals surface area contributed by atoms with Crippen LogP contribution in [0.1, 0.15) is 46.5 Å². The number of nitrogens with one attached hydrogen (secondary N) is 3. The van der Waals surface area contributed by atoms with Crippen LogP contribution in [0.2, 0.25) is 0 Å². The van der Waals surface area contributed by atoms with Crippen molar-refractivity contribution in [3.63, 3.8) is 0 Å². The van der Waals surface area contributed by atoms with Crippen molar-refractivity contribution in [3.05, 3.63) is 21.6 Å².